The zero-order valence-electron chi connectivity index (χ0n) is 11.6. The number of aliphatic carboxylic acids is 1. The standard InChI is InChI=1S/C14H14N4O4/c19-13(17-6-7-22-8-11(17)14(20)21)12-15-9-18(16-12)10-4-2-1-3-5-10/h1-5,9,11H,6-8H2,(H,20,21). The van der Waals surface area contributed by atoms with Gasteiger partial charge in [-0.2, -0.15) is 0 Å². The summed E-state index contributed by atoms with van der Waals surface area (Å²) in [6, 6.07) is 8.22. The third-order valence-electron chi connectivity index (χ3n) is 3.38. The number of carboxylic acid groups (broad SMARTS) is 1. The summed E-state index contributed by atoms with van der Waals surface area (Å²) in [5, 5.41) is 13.3. The van der Waals surface area contributed by atoms with E-state index in [-0.39, 0.29) is 19.0 Å². The molecule has 1 unspecified atom stereocenters. The van der Waals surface area contributed by atoms with Crippen LogP contribution < -0.4 is 0 Å². The molecule has 8 heteroatoms. The number of amides is 1. The number of carboxylic acids is 1. The zero-order valence-corrected chi connectivity index (χ0v) is 11.6. The summed E-state index contributed by atoms with van der Waals surface area (Å²) in [4.78, 5) is 28.9. The first-order chi connectivity index (χ1) is 10.7. The summed E-state index contributed by atoms with van der Waals surface area (Å²) >= 11 is 0. The van der Waals surface area contributed by atoms with Gasteiger partial charge in [-0.25, -0.2) is 14.5 Å². The summed E-state index contributed by atoms with van der Waals surface area (Å²) in [5.41, 5.74) is 0.769. The van der Waals surface area contributed by atoms with Crippen LogP contribution in [0, 0.1) is 0 Å². The molecular formula is C14H14N4O4. The van der Waals surface area contributed by atoms with E-state index < -0.39 is 17.9 Å². The maximum absolute atomic E-state index is 12.4. The number of nitrogens with zero attached hydrogens (tertiary/aromatic N) is 4. The highest BCUT2D eigenvalue weighted by Crippen LogP contribution is 2.12. The van der Waals surface area contributed by atoms with E-state index in [0.29, 0.717) is 6.61 Å². The lowest BCUT2D eigenvalue weighted by atomic mass is 10.2. The van der Waals surface area contributed by atoms with E-state index in [1.54, 1.807) is 0 Å². The molecule has 1 fully saturated rings. The van der Waals surface area contributed by atoms with E-state index in [1.165, 1.54) is 15.9 Å². The molecule has 1 atom stereocenters. The second kappa shape index (κ2) is 5.94. The highest BCUT2D eigenvalue weighted by atomic mass is 16.5. The molecular weight excluding hydrogens is 288 g/mol. The fourth-order valence-corrected chi connectivity index (χ4v) is 2.25. The van der Waals surface area contributed by atoms with Crippen molar-refractivity contribution < 1.29 is 19.4 Å². The van der Waals surface area contributed by atoms with Crippen LogP contribution in [0.15, 0.2) is 36.7 Å². The van der Waals surface area contributed by atoms with Crippen molar-refractivity contribution in [3.8, 4) is 5.69 Å². The van der Waals surface area contributed by atoms with E-state index in [9.17, 15) is 9.59 Å². The quantitative estimate of drug-likeness (QED) is 0.869. The van der Waals surface area contributed by atoms with Crippen molar-refractivity contribution in [2.45, 2.75) is 6.04 Å². The number of benzene rings is 1. The second-order valence-corrected chi connectivity index (χ2v) is 4.78. The summed E-state index contributed by atoms with van der Waals surface area (Å²) in [6.45, 7) is 0.477. The molecule has 1 saturated heterocycles. The van der Waals surface area contributed by atoms with Gasteiger partial charge in [0.25, 0.3) is 5.91 Å². The van der Waals surface area contributed by atoms with Crippen LogP contribution in [0.1, 0.15) is 10.6 Å². The van der Waals surface area contributed by atoms with Crippen molar-refractivity contribution >= 4 is 11.9 Å². The van der Waals surface area contributed by atoms with E-state index in [1.807, 2.05) is 30.3 Å². The maximum atomic E-state index is 12.4. The molecule has 1 aromatic carbocycles. The Balaban J connectivity index is 1.83. The second-order valence-electron chi connectivity index (χ2n) is 4.78. The Bertz CT molecular complexity index is 685. The number of ether oxygens (including phenoxy) is 1. The van der Waals surface area contributed by atoms with Gasteiger partial charge < -0.3 is 14.7 Å². The third kappa shape index (κ3) is 2.68. The fourth-order valence-electron chi connectivity index (χ4n) is 2.25. The lowest BCUT2D eigenvalue weighted by Gasteiger charge is -2.31. The third-order valence-corrected chi connectivity index (χ3v) is 3.38. The van der Waals surface area contributed by atoms with Gasteiger partial charge in [0.05, 0.1) is 18.9 Å². The number of para-hydroxylation sites is 1. The Morgan fingerprint density at radius 3 is 2.77 bits per heavy atom. The van der Waals surface area contributed by atoms with Crippen LogP contribution in [-0.4, -0.2) is 62.4 Å². The maximum Gasteiger partial charge on any atom is 0.328 e. The van der Waals surface area contributed by atoms with Gasteiger partial charge in [0, 0.05) is 6.54 Å². The number of rotatable bonds is 3. The van der Waals surface area contributed by atoms with Crippen molar-refractivity contribution in [2.24, 2.45) is 0 Å². The minimum Gasteiger partial charge on any atom is -0.480 e. The summed E-state index contributed by atoms with van der Waals surface area (Å²) in [5.74, 6) is -1.64. The largest absolute Gasteiger partial charge is 0.480 e. The van der Waals surface area contributed by atoms with Crippen LogP contribution in [0.5, 0.6) is 0 Å². The lowest BCUT2D eigenvalue weighted by molar-refractivity contribution is -0.147. The molecule has 0 aliphatic carbocycles. The van der Waals surface area contributed by atoms with Gasteiger partial charge in [0.1, 0.15) is 6.33 Å². The predicted molar refractivity (Wildman–Crippen MR) is 74.6 cm³/mol. The molecule has 2 heterocycles. The van der Waals surface area contributed by atoms with Crippen molar-refractivity contribution in [3.05, 3.63) is 42.5 Å². The Hall–Kier alpha value is -2.74. The number of aromatic nitrogens is 3. The van der Waals surface area contributed by atoms with Crippen molar-refractivity contribution in [3.63, 3.8) is 0 Å². The Labute approximate surface area is 125 Å². The number of carbonyl (C=O) groups excluding carboxylic acids is 1. The average Bonchev–Trinajstić information content (AvgIpc) is 3.05. The Kier molecular flexibility index (Phi) is 3.84. The van der Waals surface area contributed by atoms with E-state index in [2.05, 4.69) is 10.1 Å². The zero-order chi connectivity index (χ0) is 15.5. The molecule has 8 nitrogen and oxygen atoms in total. The monoisotopic (exact) mass is 302 g/mol. The van der Waals surface area contributed by atoms with Gasteiger partial charge in [0.15, 0.2) is 6.04 Å². The van der Waals surface area contributed by atoms with E-state index in [0.717, 1.165) is 5.69 Å². The van der Waals surface area contributed by atoms with Gasteiger partial charge in [-0.1, -0.05) is 18.2 Å². The van der Waals surface area contributed by atoms with Gasteiger partial charge in [-0.3, -0.25) is 4.79 Å². The SMILES string of the molecule is O=C(O)C1COCCN1C(=O)c1ncn(-c2ccccc2)n1. The lowest BCUT2D eigenvalue weighted by Crippen LogP contribution is -2.52. The number of hydrogen-bond acceptors (Lipinski definition) is 5. The minimum absolute atomic E-state index is 0.0273. The highest BCUT2D eigenvalue weighted by Gasteiger charge is 2.34. The van der Waals surface area contributed by atoms with Crippen LogP contribution >= 0.6 is 0 Å². The fraction of sp³-hybridized carbons (Fsp3) is 0.286. The Morgan fingerprint density at radius 2 is 2.05 bits per heavy atom. The van der Waals surface area contributed by atoms with Gasteiger partial charge in [0.2, 0.25) is 5.82 Å². The first kappa shape index (κ1) is 14.2. The molecule has 1 aromatic heterocycles. The van der Waals surface area contributed by atoms with E-state index >= 15 is 0 Å². The molecule has 0 spiro atoms. The van der Waals surface area contributed by atoms with Crippen LogP contribution in [-0.2, 0) is 9.53 Å². The predicted octanol–water partition coefficient (Wildman–Crippen LogP) is 0.193. The molecule has 1 aliphatic heterocycles. The number of morpholine rings is 1. The molecule has 1 N–H and O–H groups in total. The number of hydrogen-bond donors (Lipinski definition) is 1. The van der Waals surface area contributed by atoms with Crippen molar-refractivity contribution in [2.75, 3.05) is 19.8 Å². The highest BCUT2D eigenvalue weighted by molar-refractivity contribution is 5.93. The smallest absolute Gasteiger partial charge is 0.328 e. The first-order valence-electron chi connectivity index (χ1n) is 6.75. The van der Waals surface area contributed by atoms with Crippen LogP contribution in [0.4, 0.5) is 0 Å². The minimum atomic E-state index is -1.10. The molecule has 114 valence electrons. The van der Waals surface area contributed by atoms with Crippen LogP contribution in [0.3, 0.4) is 0 Å². The normalized spacial score (nSPS) is 18.2. The molecule has 0 saturated carbocycles. The average molecular weight is 302 g/mol. The molecule has 3 rings (SSSR count). The molecule has 0 radical (unpaired) electrons. The van der Waals surface area contributed by atoms with Crippen molar-refractivity contribution in [1.82, 2.24) is 19.7 Å². The van der Waals surface area contributed by atoms with Gasteiger partial charge >= 0.3 is 5.97 Å². The molecule has 2 aromatic rings. The Morgan fingerprint density at radius 1 is 1.27 bits per heavy atom. The summed E-state index contributed by atoms with van der Waals surface area (Å²) in [6.07, 6.45) is 1.43. The summed E-state index contributed by atoms with van der Waals surface area (Å²) in [7, 11) is 0. The molecule has 1 amide bonds. The number of carbonyl (C=O) groups is 2. The van der Waals surface area contributed by atoms with E-state index in [4.69, 9.17) is 9.84 Å². The van der Waals surface area contributed by atoms with Crippen LogP contribution in [0.2, 0.25) is 0 Å². The first-order valence-corrected chi connectivity index (χ1v) is 6.75. The summed E-state index contributed by atoms with van der Waals surface area (Å²) < 4.78 is 6.59. The van der Waals surface area contributed by atoms with Crippen molar-refractivity contribution in [1.29, 1.82) is 0 Å². The topological polar surface area (TPSA) is 97.5 Å². The molecule has 1 aliphatic rings. The molecule has 0 bridgehead atoms. The van der Waals surface area contributed by atoms with Gasteiger partial charge in [-0.15, -0.1) is 5.10 Å². The van der Waals surface area contributed by atoms with Crippen LogP contribution in [0.25, 0.3) is 5.69 Å². The van der Waals surface area contributed by atoms with Gasteiger partial charge in [-0.05, 0) is 12.1 Å². The molecule has 22 heavy (non-hydrogen) atoms.